The van der Waals surface area contributed by atoms with Gasteiger partial charge in [0.1, 0.15) is 0 Å². The number of hydrogen-bond donors (Lipinski definition) is 2. The standard InChI is InChI=1S/C20H36O4/c1-2-3-4-5-6-9-12-15-18(20(23)24)16-13-10-7-8-11-14-17-19(21)22/h14,17-18H,2-13,15-16H2,1H3,(H,21,22)(H,23,24). The van der Waals surface area contributed by atoms with Crippen LogP contribution < -0.4 is 0 Å². The largest absolute Gasteiger partial charge is 0.481 e. The first kappa shape index (κ1) is 22.7. The predicted molar refractivity (Wildman–Crippen MR) is 98.2 cm³/mol. The smallest absolute Gasteiger partial charge is 0.327 e. The van der Waals surface area contributed by atoms with E-state index in [1.165, 1.54) is 38.2 Å². The van der Waals surface area contributed by atoms with Crippen LogP contribution in [0.25, 0.3) is 0 Å². The lowest BCUT2D eigenvalue weighted by Gasteiger charge is -2.12. The molecule has 1 unspecified atom stereocenters. The van der Waals surface area contributed by atoms with E-state index in [9.17, 15) is 14.7 Å². The molecule has 0 saturated heterocycles. The Labute approximate surface area is 147 Å². The van der Waals surface area contributed by atoms with Crippen LogP contribution in [0.3, 0.4) is 0 Å². The van der Waals surface area contributed by atoms with Crippen molar-refractivity contribution in [1.82, 2.24) is 0 Å². The summed E-state index contributed by atoms with van der Waals surface area (Å²) in [5, 5.41) is 17.8. The lowest BCUT2D eigenvalue weighted by molar-refractivity contribution is -0.142. The van der Waals surface area contributed by atoms with Gasteiger partial charge >= 0.3 is 11.9 Å². The van der Waals surface area contributed by atoms with E-state index in [4.69, 9.17) is 5.11 Å². The number of aliphatic carboxylic acids is 2. The Morgan fingerprint density at radius 1 is 0.792 bits per heavy atom. The number of unbranched alkanes of at least 4 members (excludes halogenated alkanes) is 10. The average molecular weight is 341 g/mol. The molecule has 24 heavy (non-hydrogen) atoms. The van der Waals surface area contributed by atoms with Gasteiger partial charge in [0.2, 0.25) is 0 Å². The van der Waals surface area contributed by atoms with Crippen LogP contribution in [-0.4, -0.2) is 22.2 Å². The number of allylic oxidation sites excluding steroid dienone is 1. The molecule has 1 atom stereocenters. The topological polar surface area (TPSA) is 74.6 Å². The fourth-order valence-corrected chi connectivity index (χ4v) is 2.93. The van der Waals surface area contributed by atoms with Crippen molar-refractivity contribution in [1.29, 1.82) is 0 Å². The summed E-state index contributed by atoms with van der Waals surface area (Å²) in [5.74, 6) is -1.73. The minimum absolute atomic E-state index is 0.187. The normalized spacial score (nSPS) is 12.5. The molecule has 0 aromatic heterocycles. The molecular weight excluding hydrogens is 304 g/mol. The molecule has 0 aromatic rings. The van der Waals surface area contributed by atoms with Crippen molar-refractivity contribution in [3.8, 4) is 0 Å². The van der Waals surface area contributed by atoms with Crippen molar-refractivity contribution in [3.63, 3.8) is 0 Å². The van der Waals surface area contributed by atoms with Crippen molar-refractivity contribution in [2.75, 3.05) is 0 Å². The van der Waals surface area contributed by atoms with Crippen molar-refractivity contribution in [2.24, 2.45) is 5.92 Å². The van der Waals surface area contributed by atoms with Gasteiger partial charge in [0, 0.05) is 6.08 Å². The first-order chi connectivity index (χ1) is 11.6. The summed E-state index contributed by atoms with van der Waals surface area (Å²) in [4.78, 5) is 21.6. The lowest BCUT2D eigenvalue weighted by atomic mass is 9.94. The third-order valence-electron chi connectivity index (χ3n) is 4.44. The van der Waals surface area contributed by atoms with Crippen LogP contribution in [0.5, 0.6) is 0 Å². The molecule has 0 rings (SSSR count). The molecule has 0 spiro atoms. The summed E-state index contributed by atoms with van der Waals surface area (Å²) in [6.07, 6.45) is 17.8. The van der Waals surface area contributed by atoms with Gasteiger partial charge in [-0.15, -0.1) is 0 Å². The summed E-state index contributed by atoms with van der Waals surface area (Å²) in [5.41, 5.74) is 0. The monoisotopic (exact) mass is 340 g/mol. The minimum Gasteiger partial charge on any atom is -0.481 e. The summed E-state index contributed by atoms with van der Waals surface area (Å²) in [6, 6.07) is 0. The maximum Gasteiger partial charge on any atom is 0.327 e. The molecule has 0 aromatic carbocycles. The molecule has 0 amide bonds. The van der Waals surface area contributed by atoms with Crippen LogP contribution in [0.1, 0.15) is 96.8 Å². The molecule has 0 bridgehead atoms. The van der Waals surface area contributed by atoms with Crippen molar-refractivity contribution in [2.45, 2.75) is 96.8 Å². The van der Waals surface area contributed by atoms with Crippen molar-refractivity contribution < 1.29 is 19.8 Å². The van der Waals surface area contributed by atoms with Crippen molar-refractivity contribution >= 4 is 11.9 Å². The summed E-state index contributed by atoms with van der Waals surface area (Å²) < 4.78 is 0. The second-order valence-corrected chi connectivity index (χ2v) is 6.68. The van der Waals surface area contributed by atoms with E-state index in [2.05, 4.69) is 6.92 Å². The Balaban J connectivity index is 3.60. The molecule has 0 aliphatic rings. The number of hydrogen-bond acceptors (Lipinski definition) is 2. The molecule has 0 heterocycles. The first-order valence-electron chi connectivity index (χ1n) is 9.70. The Bertz CT molecular complexity index is 350. The summed E-state index contributed by atoms with van der Waals surface area (Å²) in [6.45, 7) is 2.21. The first-order valence-corrected chi connectivity index (χ1v) is 9.70. The van der Waals surface area contributed by atoms with Crippen LogP contribution in [0, 0.1) is 5.92 Å². The molecule has 0 fully saturated rings. The Hall–Kier alpha value is -1.32. The summed E-state index contributed by atoms with van der Waals surface area (Å²) >= 11 is 0. The number of rotatable bonds is 17. The lowest BCUT2D eigenvalue weighted by Crippen LogP contribution is -2.13. The van der Waals surface area contributed by atoms with Crippen LogP contribution in [0.4, 0.5) is 0 Å². The van der Waals surface area contributed by atoms with E-state index in [1.807, 2.05) is 0 Å². The molecule has 140 valence electrons. The van der Waals surface area contributed by atoms with Crippen LogP contribution in [0.2, 0.25) is 0 Å². The fourth-order valence-electron chi connectivity index (χ4n) is 2.93. The average Bonchev–Trinajstić information content (AvgIpc) is 2.53. The van der Waals surface area contributed by atoms with E-state index in [0.717, 1.165) is 57.8 Å². The second-order valence-electron chi connectivity index (χ2n) is 6.68. The quantitative estimate of drug-likeness (QED) is 0.259. The zero-order chi connectivity index (χ0) is 18.0. The Kier molecular flexibility index (Phi) is 15.6. The molecule has 4 nitrogen and oxygen atoms in total. The molecule has 0 saturated carbocycles. The van der Waals surface area contributed by atoms with Gasteiger partial charge in [-0.2, -0.15) is 0 Å². The van der Waals surface area contributed by atoms with Gasteiger partial charge in [-0.1, -0.05) is 77.2 Å². The highest BCUT2D eigenvalue weighted by atomic mass is 16.4. The Morgan fingerprint density at radius 3 is 1.79 bits per heavy atom. The predicted octanol–water partition coefficient (Wildman–Crippen LogP) is 5.81. The molecule has 2 N–H and O–H groups in total. The maximum atomic E-state index is 11.3. The third kappa shape index (κ3) is 15.6. The van der Waals surface area contributed by atoms with Gasteiger partial charge in [0.15, 0.2) is 0 Å². The van der Waals surface area contributed by atoms with Gasteiger partial charge < -0.3 is 10.2 Å². The molecule has 0 aliphatic heterocycles. The van der Waals surface area contributed by atoms with Gasteiger partial charge in [0.05, 0.1) is 5.92 Å². The highest BCUT2D eigenvalue weighted by Crippen LogP contribution is 2.19. The van der Waals surface area contributed by atoms with Gasteiger partial charge in [0.25, 0.3) is 0 Å². The maximum absolute atomic E-state index is 11.3. The third-order valence-corrected chi connectivity index (χ3v) is 4.44. The van der Waals surface area contributed by atoms with Crippen LogP contribution in [-0.2, 0) is 9.59 Å². The molecule has 0 aliphatic carbocycles. The van der Waals surface area contributed by atoms with E-state index >= 15 is 0 Å². The van der Waals surface area contributed by atoms with E-state index in [0.29, 0.717) is 0 Å². The highest BCUT2D eigenvalue weighted by Gasteiger charge is 2.16. The zero-order valence-corrected chi connectivity index (χ0v) is 15.3. The Morgan fingerprint density at radius 2 is 1.29 bits per heavy atom. The molecule has 4 heteroatoms. The molecular formula is C20H36O4. The van der Waals surface area contributed by atoms with Crippen molar-refractivity contribution in [3.05, 3.63) is 12.2 Å². The summed E-state index contributed by atoms with van der Waals surface area (Å²) in [7, 11) is 0. The van der Waals surface area contributed by atoms with Gasteiger partial charge in [-0.05, 0) is 25.7 Å². The zero-order valence-electron chi connectivity index (χ0n) is 15.3. The van der Waals surface area contributed by atoms with Gasteiger partial charge in [-0.3, -0.25) is 4.79 Å². The van der Waals surface area contributed by atoms with E-state index in [-0.39, 0.29) is 5.92 Å². The number of carboxylic acid groups (broad SMARTS) is 2. The van der Waals surface area contributed by atoms with Crippen LogP contribution >= 0.6 is 0 Å². The van der Waals surface area contributed by atoms with Gasteiger partial charge in [-0.25, -0.2) is 4.79 Å². The number of carbonyl (C=O) groups is 2. The molecule has 0 radical (unpaired) electrons. The highest BCUT2D eigenvalue weighted by molar-refractivity contribution is 5.79. The minimum atomic E-state index is -0.898. The second kappa shape index (κ2) is 16.5. The van der Waals surface area contributed by atoms with E-state index < -0.39 is 11.9 Å². The van der Waals surface area contributed by atoms with Crippen LogP contribution in [0.15, 0.2) is 12.2 Å². The fraction of sp³-hybridized carbons (Fsp3) is 0.800. The number of carboxylic acids is 2. The SMILES string of the molecule is CCCCCCCCCC(CCCCCCC=CC(=O)O)C(=O)O. The van der Waals surface area contributed by atoms with E-state index in [1.54, 1.807) is 6.08 Å².